The van der Waals surface area contributed by atoms with Gasteiger partial charge in [0.15, 0.2) is 0 Å². The number of carbonyl (C=O) groups excluding carboxylic acids is 2. The van der Waals surface area contributed by atoms with Crippen LogP contribution in [0.25, 0.3) is 0 Å². The van der Waals surface area contributed by atoms with Gasteiger partial charge in [0.25, 0.3) is 5.69 Å². The minimum atomic E-state index is -0.474. The lowest BCUT2D eigenvalue weighted by Crippen LogP contribution is -2.41. The number of benzene rings is 1. The van der Waals surface area contributed by atoms with Crippen LogP contribution in [0.3, 0.4) is 0 Å². The van der Waals surface area contributed by atoms with Crippen molar-refractivity contribution in [2.45, 2.75) is 26.2 Å². The van der Waals surface area contributed by atoms with Crippen molar-refractivity contribution in [3.63, 3.8) is 0 Å². The average Bonchev–Trinajstić information content (AvgIpc) is 2.55. The molecule has 1 saturated heterocycles. The van der Waals surface area contributed by atoms with E-state index in [1.807, 2.05) is 4.90 Å². The molecule has 1 heterocycles. The third kappa shape index (κ3) is 4.21. The Kier molecular flexibility index (Phi) is 5.73. The number of nitrogens with zero attached hydrogens (tertiary/aromatic N) is 2. The highest BCUT2D eigenvalue weighted by atomic mass is 16.6. The molecule has 0 radical (unpaired) electrons. The van der Waals surface area contributed by atoms with Crippen LogP contribution in [-0.2, 0) is 20.7 Å². The summed E-state index contributed by atoms with van der Waals surface area (Å²) in [6, 6.07) is 4.68. The van der Waals surface area contributed by atoms with Crippen molar-refractivity contribution in [2.75, 3.05) is 24.6 Å². The predicted octanol–water partition coefficient (Wildman–Crippen LogP) is 1.40. The van der Waals surface area contributed by atoms with Crippen LogP contribution in [0.1, 0.15) is 25.3 Å². The molecule has 8 nitrogen and oxygen atoms in total. The predicted molar refractivity (Wildman–Crippen MR) is 87.6 cm³/mol. The van der Waals surface area contributed by atoms with Gasteiger partial charge < -0.3 is 15.4 Å². The Morgan fingerprint density at radius 2 is 2.21 bits per heavy atom. The van der Waals surface area contributed by atoms with Gasteiger partial charge in [-0.05, 0) is 31.4 Å². The standard InChI is InChI=1S/C16H21N3O5/c1-2-24-15(20)9-11-5-6-13(14(8-11)19(22)23)18-7-3-4-12(10-18)16(17)21/h5-6,8,12H,2-4,7,9-10H2,1H3,(H2,17,21). The van der Waals surface area contributed by atoms with Crippen LogP contribution >= 0.6 is 0 Å². The molecule has 0 spiro atoms. The highest BCUT2D eigenvalue weighted by Crippen LogP contribution is 2.32. The van der Waals surface area contributed by atoms with Crippen LogP contribution in [0.15, 0.2) is 18.2 Å². The molecule has 2 rings (SSSR count). The first-order valence-corrected chi connectivity index (χ1v) is 7.89. The van der Waals surface area contributed by atoms with Crippen molar-refractivity contribution < 1.29 is 19.2 Å². The van der Waals surface area contributed by atoms with Crippen LogP contribution in [0, 0.1) is 16.0 Å². The van der Waals surface area contributed by atoms with Gasteiger partial charge in [0.05, 0.1) is 23.9 Å². The molecule has 1 unspecified atom stereocenters. The van der Waals surface area contributed by atoms with Gasteiger partial charge in [-0.25, -0.2) is 0 Å². The molecular weight excluding hydrogens is 314 g/mol. The number of amides is 1. The number of hydrogen-bond donors (Lipinski definition) is 1. The Balaban J connectivity index is 2.25. The Hall–Kier alpha value is -2.64. The molecule has 0 bridgehead atoms. The molecule has 2 N–H and O–H groups in total. The van der Waals surface area contributed by atoms with Gasteiger partial charge in [-0.1, -0.05) is 6.07 Å². The SMILES string of the molecule is CCOC(=O)Cc1ccc(N2CCCC(C(N)=O)C2)c([N+](=O)[O-])c1. The van der Waals surface area contributed by atoms with Gasteiger partial charge in [0.2, 0.25) is 5.91 Å². The Labute approximate surface area is 139 Å². The van der Waals surface area contributed by atoms with E-state index >= 15 is 0 Å². The molecule has 1 amide bonds. The van der Waals surface area contributed by atoms with E-state index in [4.69, 9.17) is 10.5 Å². The van der Waals surface area contributed by atoms with Crippen LogP contribution in [0.5, 0.6) is 0 Å². The van der Waals surface area contributed by atoms with E-state index in [2.05, 4.69) is 0 Å². The monoisotopic (exact) mass is 335 g/mol. The third-order valence-electron chi connectivity index (χ3n) is 4.05. The topological polar surface area (TPSA) is 116 Å². The number of carbonyl (C=O) groups is 2. The van der Waals surface area contributed by atoms with Gasteiger partial charge in [-0.15, -0.1) is 0 Å². The first-order valence-electron chi connectivity index (χ1n) is 7.89. The molecule has 0 aliphatic carbocycles. The summed E-state index contributed by atoms with van der Waals surface area (Å²) in [7, 11) is 0. The summed E-state index contributed by atoms with van der Waals surface area (Å²) < 4.78 is 4.86. The maximum Gasteiger partial charge on any atom is 0.310 e. The van der Waals surface area contributed by atoms with E-state index in [0.717, 1.165) is 6.42 Å². The molecule has 130 valence electrons. The summed E-state index contributed by atoms with van der Waals surface area (Å²) in [4.78, 5) is 35.7. The van der Waals surface area contributed by atoms with Gasteiger partial charge >= 0.3 is 5.97 Å². The molecule has 0 saturated carbocycles. The molecule has 1 aromatic carbocycles. The minimum Gasteiger partial charge on any atom is -0.466 e. The number of piperidine rings is 1. The summed E-state index contributed by atoms with van der Waals surface area (Å²) in [5.74, 6) is -1.12. The minimum absolute atomic E-state index is 0.0150. The number of nitro benzene ring substituents is 1. The molecule has 8 heteroatoms. The lowest BCUT2D eigenvalue weighted by atomic mass is 9.96. The molecule has 1 aromatic rings. The van der Waals surface area contributed by atoms with Crippen molar-refractivity contribution in [1.29, 1.82) is 0 Å². The quantitative estimate of drug-likeness (QED) is 0.477. The number of rotatable bonds is 6. The molecule has 1 fully saturated rings. The molecule has 24 heavy (non-hydrogen) atoms. The second kappa shape index (κ2) is 7.76. The molecular formula is C16H21N3O5. The summed E-state index contributed by atoms with van der Waals surface area (Å²) in [6.07, 6.45) is 1.43. The first-order chi connectivity index (χ1) is 11.4. The smallest absolute Gasteiger partial charge is 0.310 e. The van der Waals surface area contributed by atoms with Gasteiger partial charge in [0, 0.05) is 19.2 Å². The average molecular weight is 335 g/mol. The maximum atomic E-state index is 11.5. The van der Waals surface area contributed by atoms with Crippen LogP contribution < -0.4 is 10.6 Å². The van der Waals surface area contributed by atoms with Crippen molar-refractivity contribution in [3.8, 4) is 0 Å². The van der Waals surface area contributed by atoms with Crippen molar-refractivity contribution in [1.82, 2.24) is 0 Å². The van der Waals surface area contributed by atoms with E-state index in [0.29, 0.717) is 30.8 Å². The largest absolute Gasteiger partial charge is 0.466 e. The van der Waals surface area contributed by atoms with Crippen LogP contribution in [0.2, 0.25) is 0 Å². The zero-order valence-corrected chi connectivity index (χ0v) is 13.6. The number of primary amides is 1. The van der Waals surface area contributed by atoms with E-state index in [1.54, 1.807) is 19.1 Å². The Morgan fingerprint density at radius 3 is 2.83 bits per heavy atom. The van der Waals surface area contributed by atoms with E-state index in [1.165, 1.54) is 6.07 Å². The molecule has 1 aliphatic rings. The maximum absolute atomic E-state index is 11.5. The van der Waals surface area contributed by atoms with Crippen LogP contribution in [-0.4, -0.2) is 36.5 Å². The van der Waals surface area contributed by atoms with Gasteiger partial charge in [-0.2, -0.15) is 0 Å². The zero-order valence-electron chi connectivity index (χ0n) is 13.6. The summed E-state index contributed by atoms with van der Waals surface area (Å²) in [5, 5.41) is 11.4. The highest BCUT2D eigenvalue weighted by Gasteiger charge is 2.28. The number of hydrogen-bond acceptors (Lipinski definition) is 6. The molecule has 1 atom stereocenters. The van der Waals surface area contributed by atoms with Gasteiger partial charge in [-0.3, -0.25) is 19.7 Å². The lowest BCUT2D eigenvalue weighted by Gasteiger charge is -2.32. The molecule has 0 aromatic heterocycles. The van der Waals surface area contributed by atoms with Gasteiger partial charge in [0.1, 0.15) is 5.69 Å². The second-order valence-electron chi connectivity index (χ2n) is 5.75. The Bertz CT molecular complexity index is 647. The Morgan fingerprint density at radius 1 is 1.46 bits per heavy atom. The van der Waals surface area contributed by atoms with Crippen LogP contribution in [0.4, 0.5) is 11.4 Å². The number of nitro groups is 1. The van der Waals surface area contributed by atoms with E-state index < -0.39 is 10.9 Å². The fourth-order valence-electron chi connectivity index (χ4n) is 2.90. The van der Waals surface area contributed by atoms with Crippen molar-refractivity contribution >= 4 is 23.3 Å². The highest BCUT2D eigenvalue weighted by molar-refractivity contribution is 5.78. The van der Waals surface area contributed by atoms with Crippen molar-refractivity contribution in [3.05, 3.63) is 33.9 Å². The van der Waals surface area contributed by atoms with E-state index in [9.17, 15) is 19.7 Å². The number of anilines is 1. The summed E-state index contributed by atoms with van der Waals surface area (Å²) in [6.45, 7) is 2.96. The summed E-state index contributed by atoms with van der Waals surface area (Å²) in [5.41, 5.74) is 6.24. The van der Waals surface area contributed by atoms with E-state index in [-0.39, 0.29) is 30.5 Å². The second-order valence-corrected chi connectivity index (χ2v) is 5.75. The number of nitrogens with two attached hydrogens (primary N) is 1. The lowest BCUT2D eigenvalue weighted by molar-refractivity contribution is -0.384. The normalized spacial score (nSPS) is 17.4. The summed E-state index contributed by atoms with van der Waals surface area (Å²) >= 11 is 0. The molecule has 1 aliphatic heterocycles. The first kappa shape index (κ1) is 17.7. The third-order valence-corrected chi connectivity index (χ3v) is 4.05. The fraction of sp³-hybridized carbons (Fsp3) is 0.500. The zero-order chi connectivity index (χ0) is 17.7. The number of ether oxygens (including phenoxy) is 1. The number of esters is 1. The fourth-order valence-corrected chi connectivity index (χ4v) is 2.90. The van der Waals surface area contributed by atoms with Crippen molar-refractivity contribution in [2.24, 2.45) is 11.7 Å².